The summed E-state index contributed by atoms with van der Waals surface area (Å²) in [6.45, 7) is 5.70. The molecule has 1 fully saturated rings. The molecule has 0 aliphatic carbocycles. The fourth-order valence-corrected chi connectivity index (χ4v) is 2.69. The summed E-state index contributed by atoms with van der Waals surface area (Å²) in [5.41, 5.74) is 2.09. The van der Waals surface area contributed by atoms with Crippen LogP contribution in [-0.4, -0.2) is 54.4 Å². The van der Waals surface area contributed by atoms with E-state index in [2.05, 4.69) is 14.9 Å². The van der Waals surface area contributed by atoms with Crippen molar-refractivity contribution in [3.05, 3.63) is 47.8 Å². The molecule has 3 heterocycles. The van der Waals surface area contributed by atoms with Crippen LogP contribution in [0.3, 0.4) is 0 Å². The molecular formula is C18H23N3O3. The molecule has 1 atom stereocenters. The van der Waals surface area contributed by atoms with E-state index >= 15 is 0 Å². The van der Waals surface area contributed by atoms with Crippen LogP contribution < -0.4 is 9.47 Å². The highest BCUT2D eigenvalue weighted by Gasteiger charge is 2.20. The van der Waals surface area contributed by atoms with Crippen LogP contribution >= 0.6 is 0 Å². The van der Waals surface area contributed by atoms with Crippen molar-refractivity contribution in [2.24, 2.45) is 0 Å². The lowest BCUT2D eigenvalue weighted by Gasteiger charge is -2.23. The molecule has 1 aliphatic heterocycles. The van der Waals surface area contributed by atoms with Gasteiger partial charge in [-0.2, -0.15) is 0 Å². The van der Waals surface area contributed by atoms with Crippen molar-refractivity contribution < 1.29 is 14.2 Å². The number of hydrogen-bond donors (Lipinski definition) is 0. The second-order valence-corrected chi connectivity index (χ2v) is 5.88. The van der Waals surface area contributed by atoms with Gasteiger partial charge in [-0.3, -0.25) is 4.90 Å². The van der Waals surface area contributed by atoms with E-state index in [9.17, 15) is 0 Å². The Morgan fingerprint density at radius 1 is 1.25 bits per heavy atom. The largest absolute Gasteiger partial charge is 0.481 e. The van der Waals surface area contributed by atoms with Gasteiger partial charge in [0.1, 0.15) is 6.10 Å². The molecule has 0 bridgehead atoms. The first-order valence-electron chi connectivity index (χ1n) is 8.12. The number of aromatic nitrogens is 2. The summed E-state index contributed by atoms with van der Waals surface area (Å²) in [4.78, 5) is 11.0. The van der Waals surface area contributed by atoms with Crippen LogP contribution in [0.25, 0.3) is 0 Å². The molecule has 24 heavy (non-hydrogen) atoms. The average Bonchev–Trinajstić information content (AvgIpc) is 2.80. The Bertz CT molecular complexity index is 648. The van der Waals surface area contributed by atoms with Crippen LogP contribution in [0.1, 0.15) is 11.3 Å². The maximum Gasteiger partial charge on any atom is 0.213 e. The lowest BCUT2D eigenvalue weighted by Crippen LogP contribution is -2.35. The van der Waals surface area contributed by atoms with E-state index in [4.69, 9.17) is 14.2 Å². The Hall–Kier alpha value is -2.18. The molecule has 1 aliphatic rings. The molecule has 0 spiro atoms. The van der Waals surface area contributed by atoms with E-state index in [1.807, 2.05) is 43.5 Å². The monoisotopic (exact) mass is 329 g/mol. The molecule has 0 radical (unpaired) electrons. The number of methoxy groups -OCH3 is 1. The van der Waals surface area contributed by atoms with E-state index in [1.165, 1.54) is 0 Å². The van der Waals surface area contributed by atoms with Gasteiger partial charge in [-0.1, -0.05) is 12.1 Å². The number of aryl methyl sites for hydroxylation is 1. The molecule has 128 valence electrons. The van der Waals surface area contributed by atoms with Crippen molar-refractivity contribution in [1.82, 2.24) is 14.9 Å². The molecule has 3 rings (SSSR count). The number of hydrogen-bond acceptors (Lipinski definition) is 6. The Morgan fingerprint density at radius 2 is 2.17 bits per heavy atom. The number of rotatable bonds is 5. The fraction of sp³-hybridized carbons (Fsp3) is 0.444. The normalized spacial score (nSPS) is 18.8. The zero-order valence-corrected chi connectivity index (χ0v) is 14.1. The molecule has 6 heteroatoms. The van der Waals surface area contributed by atoms with Crippen molar-refractivity contribution in [1.29, 1.82) is 0 Å². The quantitative estimate of drug-likeness (QED) is 0.837. The Morgan fingerprint density at radius 3 is 2.92 bits per heavy atom. The number of pyridine rings is 2. The summed E-state index contributed by atoms with van der Waals surface area (Å²) >= 11 is 0. The minimum atomic E-state index is -0.0343. The second kappa shape index (κ2) is 8.08. The number of ether oxygens (including phenoxy) is 3. The Balaban J connectivity index is 1.61. The predicted octanol–water partition coefficient (Wildman–Crippen LogP) is 2.07. The van der Waals surface area contributed by atoms with Gasteiger partial charge in [0.05, 0.1) is 20.3 Å². The molecule has 2 aromatic rings. The summed E-state index contributed by atoms with van der Waals surface area (Å²) < 4.78 is 16.8. The van der Waals surface area contributed by atoms with E-state index in [-0.39, 0.29) is 6.10 Å². The Labute approximate surface area is 142 Å². The molecule has 0 saturated carbocycles. The zero-order chi connectivity index (χ0) is 16.8. The lowest BCUT2D eigenvalue weighted by molar-refractivity contribution is 0.0682. The van der Waals surface area contributed by atoms with Crippen molar-refractivity contribution in [2.75, 3.05) is 33.4 Å². The standard InChI is InChI=1S/C18H23N3O3/c1-14-4-3-5-18(20-14)24-16-12-21(8-9-23-13-16)11-15-6-7-17(22-2)19-10-15/h3-7,10,16H,8-9,11-13H2,1-2H3. The summed E-state index contributed by atoms with van der Waals surface area (Å²) in [5, 5.41) is 0. The van der Waals surface area contributed by atoms with Crippen LogP contribution in [0.2, 0.25) is 0 Å². The maximum atomic E-state index is 6.01. The van der Waals surface area contributed by atoms with Gasteiger partial charge in [0.2, 0.25) is 11.8 Å². The van der Waals surface area contributed by atoms with E-state index in [0.717, 1.165) is 30.9 Å². The van der Waals surface area contributed by atoms with Gasteiger partial charge in [-0.25, -0.2) is 9.97 Å². The van der Waals surface area contributed by atoms with Gasteiger partial charge < -0.3 is 14.2 Å². The fourth-order valence-electron chi connectivity index (χ4n) is 2.69. The highest BCUT2D eigenvalue weighted by molar-refractivity contribution is 5.18. The molecule has 2 aromatic heterocycles. The molecular weight excluding hydrogens is 306 g/mol. The van der Waals surface area contributed by atoms with Crippen LogP contribution in [0, 0.1) is 6.92 Å². The molecule has 1 unspecified atom stereocenters. The first-order chi connectivity index (χ1) is 11.7. The van der Waals surface area contributed by atoms with Crippen molar-refractivity contribution in [2.45, 2.75) is 19.6 Å². The van der Waals surface area contributed by atoms with Gasteiger partial charge >= 0.3 is 0 Å². The van der Waals surface area contributed by atoms with Crippen LogP contribution in [0.5, 0.6) is 11.8 Å². The van der Waals surface area contributed by atoms with Gasteiger partial charge in [0.25, 0.3) is 0 Å². The van der Waals surface area contributed by atoms with Gasteiger partial charge in [-0.05, 0) is 18.6 Å². The minimum absolute atomic E-state index is 0.0343. The van der Waals surface area contributed by atoms with Crippen molar-refractivity contribution in [3.8, 4) is 11.8 Å². The second-order valence-electron chi connectivity index (χ2n) is 5.88. The lowest BCUT2D eigenvalue weighted by atomic mass is 10.2. The topological polar surface area (TPSA) is 56.7 Å². The van der Waals surface area contributed by atoms with Crippen LogP contribution in [0.4, 0.5) is 0 Å². The van der Waals surface area contributed by atoms with Gasteiger partial charge in [-0.15, -0.1) is 0 Å². The first-order valence-corrected chi connectivity index (χ1v) is 8.12. The molecule has 0 aromatic carbocycles. The van der Waals surface area contributed by atoms with Crippen LogP contribution in [0.15, 0.2) is 36.5 Å². The van der Waals surface area contributed by atoms with Crippen molar-refractivity contribution >= 4 is 0 Å². The highest BCUT2D eigenvalue weighted by atomic mass is 16.5. The van der Waals surface area contributed by atoms with Gasteiger partial charge in [0.15, 0.2) is 0 Å². The first kappa shape index (κ1) is 16.7. The molecule has 1 saturated heterocycles. The Kier molecular flexibility index (Phi) is 5.61. The minimum Gasteiger partial charge on any atom is -0.481 e. The summed E-state index contributed by atoms with van der Waals surface area (Å²) in [6, 6.07) is 9.72. The van der Waals surface area contributed by atoms with E-state index in [1.54, 1.807) is 7.11 Å². The third kappa shape index (κ3) is 4.66. The summed E-state index contributed by atoms with van der Waals surface area (Å²) in [7, 11) is 1.62. The molecule has 0 amide bonds. The van der Waals surface area contributed by atoms with Gasteiger partial charge in [0, 0.05) is 43.7 Å². The van der Waals surface area contributed by atoms with Crippen LogP contribution in [-0.2, 0) is 11.3 Å². The summed E-state index contributed by atoms with van der Waals surface area (Å²) in [5.74, 6) is 1.28. The third-order valence-electron chi connectivity index (χ3n) is 3.88. The molecule has 0 N–H and O–H groups in total. The number of nitrogens with zero attached hydrogens (tertiary/aromatic N) is 3. The predicted molar refractivity (Wildman–Crippen MR) is 90.3 cm³/mol. The smallest absolute Gasteiger partial charge is 0.213 e. The zero-order valence-electron chi connectivity index (χ0n) is 14.1. The SMILES string of the molecule is COc1ccc(CN2CCOCC(Oc3cccc(C)n3)C2)cn1. The van der Waals surface area contributed by atoms with E-state index in [0.29, 0.717) is 25.0 Å². The highest BCUT2D eigenvalue weighted by Crippen LogP contribution is 2.14. The summed E-state index contributed by atoms with van der Waals surface area (Å²) in [6.07, 6.45) is 1.82. The third-order valence-corrected chi connectivity index (χ3v) is 3.88. The van der Waals surface area contributed by atoms with Crippen molar-refractivity contribution in [3.63, 3.8) is 0 Å². The average molecular weight is 329 g/mol. The van der Waals surface area contributed by atoms with E-state index < -0.39 is 0 Å². The maximum absolute atomic E-state index is 6.01. The molecule has 6 nitrogen and oxygen atoms in total.